The molecule has 1 aliphatic carbocycles. The van der Waals surface area contributed by atoms with Crippen molar-refractivity contribution in [3.05, 3.63) is 39.9 Å². The monoisotopic (exact) mass is 237 g/mol. The highest BCUT2D eigenvalue weighted by Crippen LogP contribution is 2.29. The number of benzene rings is 1. The third kappa shape index (κ3) is 1.69. The van der Waals surface area contributed by atoms with Gasteiger partial charge in [-0.3, -0.25) is 0 Å². The van der Waals surface area contributed by atoms with Gasteiger partial charge < -0.3 is 5.32 Å². The molecule has 1 aromatic carbocycles. The van der Waals surface area contributed by atoms with Gasteiger partial charge >= 0.3 is 0 Å². The van der Waals surface area contributed by atoms with Crippen molar-refractivity contribution < 1.29 is 0 Å². The molecule has 0 aromatic heterocycles. The van der Waals surface area contributed by atoms with E-state index in [-0.39, 0.29) is 0 Å². The molecule has 1 N–H and O–H groups in total. The van der Waals surface area contributed by atoms with Gasteiger partial charge in [-0.25, -0.2) is 0 Å². The van der Waals surface area contributed by atoms with Gasteiger partial charge in [-0.1, -0.05) is 28.1 Å². The van der Waals surface area contributed by atoms with Crippen LogP contribution in [0.25, 0.3) is 5.57 Å². The molecule has 1 aliphatic rings. The summed E-state index contributed by atoms with van der Waals surface area (Å²) in [6.45, 7) is 0.962. The molecule has 0 bridgehead atoms. The Morgan fingerprint density at radius 3 is 3.08 bits per heavy atom. The van der Waals surface area contributed by atoms with Gasteiger partial charge in [-0.15, -0.1) is 0 Å². The molecular weight excluding hydrogens is 226 g/mol. The van der Waals surface area contributed by atoms with Gasteiger partial charge in [0.1, 0.15) is 0 Å². The Morgan fingerprint density at radius 2 is 2.31 bits per heavy atom. The van der Waals surface area contributed by atoms with Crippen LogP contribution in [-0.4, -0.2) is 13.6 Å². The lowest BCUT2D eigenvalue weighted by Crippen LogP contribution is -2.08. The average molecular weight is 238 g/mol. The lowest BCUT2D eigenvalue weighted by molar-refractivity contribution is 0.932. The second-order valence-electron chi connectivity index (χ2n) is 3.27. The lowest BCUT2D eigenvalue weighted by atomic mass is 10.1. The molecule has 0 saturated carbocycles. The predicted octanol–water partition coefficient (Wildman–Crippen LogP) is 2.61. The quantitative estimate of drug-likeness (QED) is 0.835. The number of nitrogens with one attached hydrogen (secondary N) is 1. The first-order chi connectivity index (χ1) is 6.31. The van der Waals surface area contributed by atoms with E-state index >= 15 is 0 Å². The largest absolute Gasteiger partial charge is 0.316 e. The summed E-state index contributed by atoms with van der Waals surface area (Å²) in [6.07, 6.45) is 3.38. The molecule has 0 atom stereocenters. The third-order valence-electron chi connectivity index (χ3n) is 2.35. The van der Waals surface area contributed by atoms with E-state index in [1.807, 2.05) is 7.05 Å². The zero-order valence-electron chi connectivity index (χ0n) is 7.60. The van der Waals surface area contributed by atoms with Gasteiger partial charge in [0, 0.05) is 11.0 Å². The highest BCUT2D eigenvalue weighted by Gasteiger charge is 2.12. The second-order valence-corrected chi connectivity index (χ2v) is 4.18. The summed E-state index contributed by atoms with van der Waals surface area (Å²) in [5.74, 6) is 0. The van der Waals surface area contributed by atoms with Gasteiger partial charge in [-0.2, -0.15) is 0 Å². The smallest absolute Gasteiger partial charge is 0.0205 e. The van der Waals surface area contributed by atoms with Gasteiger partial charge in [0.05, 0.1) is 0 Å². The van der Waals surface area contributed by atoms with Crippen LogP contribution in [0.3, 0.4) is 0 Å². The summed E-state index contributed by atoms with van der Waals surface area (Å²) in [7, 11) is 1.98. The highest BCUT2D eigenvalue weighted by atomic mass is 79.9. The van der Waals surface area contributed by atoms with Crippen molar-refractivity contribution in [2.24, 2.45) is 0 Å². The molecule has 0 heterocycles. The Balaban J connectivity index is 2.36. The topological polar surface area (TPSA) is 12.0 Å². The van der Waals surface area contributed by atoms with E-state index in [1.54, 1.807) is 0 Å². The first kappa shape index (κ1) is 8.97. The van der Waals surface area contributed by atoms with E-state index in [2.05, 4.69) is 45.5 Å². The Kier molecular flexibility index (Phi) is 2.51. The van der Waals surface area contributed by atoms with Crippen LogP contribution in [0.4, 0.5) is 0 Å². The molecule has 0 unspecified atom stereocenters. The van der Waals surface area contributed by atoms with Crippen LogP contribution < -0.4 is 5.32 Å². The summed E-state index contributed by atoms with van der Waals surface area (Å²) in [6, 6.07) is 6.50. The van der Waals surface area contributed by atoms with E-state index < -0.39 is 0 Å². The van der Waals surface area contributed by atoms with Crippen molar-refractivity contribution in [3.8, 4) is 0 Å². The summed E-state index contributed by atoms with van der Waals surface area (Å²) >= 11 is 3.50. The molecule has 2 rings (SSSR count). The lowest BCUT2D eigenvalue weighted by Gasteiger charge is -2.05. The fraction of sp³-hybridized carbons (Fsp3) is 0.273. The van der Waals surface area contributed by atoms with Crippen LogP contribution >= 0.6 is 15.9 Å². The van der Waals surface area contributed by atoms with Crippen molar-refractivity contribution in [1.29, 1.82) is 0 Å². The minimum absolute atomic E-state index is 0.962. The number of rotatable bonds is 2. The SMILES string of the molecule is CNCC1=CCc2ccc(Br)cc21. The minimum atomic E-state index is 0.962. The van der Waals surface area contributed by atoms with Crippen molar-refractivity contribution in [1.82, 2.24) is 5.32 Å². The molecule has 0 saturated heterocycles. The maximum Gasteiger partial charge on any atom is 0.0205 e. The zero-order valence-corrected chi connectivity index (χ0v) is 9.19. The van der Waals surface area contributed by atoms with Gasteiger partial charge in [0.2, 0.25) is 0 Å². The highest BCUT2D eigenvalue weighted by molar-refractivity contribution is 9.10. The molecule has 68 valence electrons. The number of halogens is 1. The molecule has 0 radical (unpaired) electrons. The predicted molar refractivity (Wildman–Crippen MR) is 59.7 cm³/mol. The Labute approximate surface area is 87.0 Å². The summed E-state index contributed by atoms with van der Waals surface area (Å²) < 4.78 is 1.16. The Bertz CT molecular complexity index is 355. The summed E-state index contributed by atoms with van der Waals surface area (Å²) in [4.78, 5) is 0. The normalized spacial score (nSPS) is 14.2. The van der Waals surface area contributed by atoms with Crippen molar-refractivity contribution in [2.45, 2.75) is 6.42 Å². The van der Waals surface area contributed by atoms with Crippen LogP contribution in [0.2, 0.25) is 0 Å². The first-order valence-electron chi connectivity index (χ1n) is 4.43. The molecule has 1 nitrogen and oxygen atoms in total. The number of hydrogen-bond acceptors (Lipinski definition) is 1. The van der Waals surface area contributed by atoms with E-state index in [0.29, 0.717) is 0 Å². The molecule has 0 amide bonds. The number of allylic oxidation sites excluding steroid dienone is 1. The molecule has 1 aromatic rings. The number of hydrogen-bond donors (Lipinski definition) is 1. The van der Waals surface area contributed by atoms with Crippen LogP contribution in [0.5, 0.6) is 0 Å². The van der Waals surface area contributed by atoms with E-state index in [4.69, 9.17) is 0 Å². The molecule has 2 heteroatoms. The molecule has 0 spiro atoms. The van der Waals surface area contributed by atoms with E-state index in [1.165, 1.54) is 16.7 Å². The van der Waals surface area contributed by atoms with Crippen molar-refractivity contribution >= 4 is 21.5 Å². The third-order valence-corrected chi connectivity index (χ3v) is 2.85. The van der Waals surface area contributed by atoms with Crippen LogP contribution in [0, 0.1) is 0 Å². The Hall–Kier alpha value is -0.600. The number of likely N-dealkylation sites (N-methyl/N-ethyl adjacent to an activating group) is 1. The molecule has 13 heavy (non-hydrogen) atoms. The fourth-order valence-corrected chi connectivity index (χ4v) is 2.09. The molecule has 0 fully saturated rings. The minimum Gasteiger partial charge on any atom is -0.316 e. The fourth-order valence-electron chi connectivity index (χ4n) is 1.73. The Morgan fingerprint density at radius 1 is 1.46 bits per heavy atom. The van der Waals surface area contributed by atoms with Crippen LogP contribution in [0.15, 0.2) is 28.7 Å². The van der Waals surface area contributed by atoms with Gasteiger partial charge in [0.25, 0.3) is 0 Å². The second kappa shape index (κ2) is 3.64. The maximum absolute atomic E-state index is 3.50. The van der Waals surface area contributed by atoms with Crippen molar-refractivity contribution in [3.63, 3.8) is 0 Å². The van der Waals surface area contributed by atoms with Crippen LogP contribution in [-0.2, 0) is 6.42 Å². The maximum atomic E-state index is 3.50. The molecular formula is C11H12BrN. The number of fused-ring (bicyclic) bond motifs is 1. The summed E-state index contributed by atoms with van der Waals surface area (Å²) in [5.41, 5.74) is 4.25. The van der Waals surface area contributed by atoms with Gasteiger partial charge in [0.15, 0.2) is 0 Å². The standard InChI is InChI=1S/C11H12BrN/c1-13-7-9-3-2-8-4-5-10(12)6-11(8)9/h3-6,13H,2,7H2,1H3. The van der Waals surface area contributed by atoms with E-state index in [0.717, 1.165) is 17.4 Å². The first-order valence-corrected chi connectivity index (χ1v) is 5.23. The van der Waals surface area contributed by atoms with Crippen LogP contribution in [0.1, 0.15) is 11.1 Å². The summed E-state index contributed by atoms with van der Waals surface area (Å²) in [5, 5.41) is 3.19. The van der Waals surface area contributed by atoms with Crippen molar-refractivity contribution in [2.75, 3.05) is 13.6 Å². The average Bonchev–Trinajstić information content (AvgIpc) is 2.49. The molecule has 0 aliphatic heterocycles. The van der Waals surface area contributed by atoms with Gasteiger partial charge in [-0.05, 0) is 42.3 Å². The van der Waals surface area contributed by atoms with E-state index in [9.17, 15) is 0 Å². The zero-order chi connectivity index (χ0) is 9.26.